The Morgan fingerprint density at radius 2 is 2.06 bits per heavy atom. The van der Waals surface area contributed by atoms with E-state index in [9.17, 15) is 4.79 Å². The number of H-pyrrole nitrogens is 1. The SMILES string of the molecule is O=c1[nH]c(-c2nccc3ccccc23)co1. The first kappa shape index (κ1) is 8.91. The van der Waals surface area contributed by atoms with Crippen LogP contribution in [0.25, 0.3) is 22.2 Å². The molecule has 0 fully saturated rings. The quantitative estimate of drug-likeness (QED) is 0.672. The molecule has 2 aromatic heterocycles. The van der Waals surface area contributed by atoms with Crippen molar-refractivity contribution in [1.82, 2.24) is 9.97 Å². The van der Waals surface area contributed by atoms with E-state index in [-0.39, 0.29) is 0 Å². The molecule has 16 heavy (non-hydrogen) atoms. The fourth-order valence-electron chi connectivity index (χ4n) is 1.73. The van der Waals surface area contributed by atoms with Gasteiger partial charge in [0.2, 0.25) is 0 Å². The molecule has 0 spiro atoms. The second-order valence-electron chi connectivity index (χ2n) is 3.44. The molecule has 0 radical (unpaired) electrons. The van der Waals surface area contributed by atoms with E-state index in [0.29, 0.717) is 5.69 Å². The lowest BCUT2D eigenvalue weighted by Crippen LogP contribution is -1.95. The van der Waals surface area contributed by atoms with Crippen molar-refractivity contribution in [2.24, 2.45) is 0 Å². The van der Waals surface area contributed by atoms with Crippen LogP contribution in [-0.4, -0.2) is 9.97 Å². The molecule has 0 aliphatic rings. The van der Waals surface area contributed by atoms with E-state index in [1.165, 1.54) is 6.26 Å². The first-order valence-corrected chi connectivity index (χ1v) is 4.86. The first-order valence-electron chi connectivity index (χ1n) is 4.86. The fraction of sp³-hybridized carbons (Fsp3) is 0. The maximum atomic E-state index is 10.9. The number of fused-ring (bicyclic) bond motifs is 1. The molecule has 0 saturated carbocycles. The Bertz CT molecular complexity index is 692. The zero-order chi connectivity index (χ0) is 11.0. The maximum Gasteiger partial charge on any atom is 0.416 e. The minimum atomic E-state index is -0.468. The summed E-state index contributed by atoms with van der Waals surface area (Å²) in [6.45, 7) is 0. The Kier molecular flexibility index (Phi) is 1.86. The zero-order valence-corrected chi connectivity index (χ0v) is 8.31. The molecule has 78 valence electrons. The minimum Gasteiger partial charge on any atom is -0.416 e. The number of benzene rings is 1. The smallest absolute Gasteiger partial charge is 0.416 e. The molecule has 0 amide bonds. The largest absolute Gasteiger partial charge is 0.416 e. The Morgan fingerprint density at radius 3 is 2.88 bits per heavy atom. The average molecular weight is 212 g/mol. The highest BCUT2D eigenvalue weighted by molar-refractivity contribution is 5.93. The van der Waals surface area contributed by atoms with Gasteiger partial charge in [0.15, 0.2) is 0 Å². The lowest BCUT2D eigenvalue weighted by Gasteiger charge is -2.01. The summed E-state index contributed by atoms with van der Waals surface area (Å²) in [6.07, 6.45) is 3.10. The molecule has 0 aliphatic carbocycles. The molecular formula is C12H8N2O2. The normalized spacial score (nSPS) is 10.8. The Labute approximate surface area is 90.6 Å². The van der Waals surface area contributed by atoms with E-state index in [0.717, 1.165) is 16.5 Å². The Morgan fingerprint density at radius 1 is 1.19 bits per heavy atom. The highest BCUT2D eigenvalue weighted by Gasteiger charge is 2.07. The van der Waals surface area contributed by atoms with Gasteiger partial charge in [-0.25, -0.2) is 4.79 Å². The topological polar surface area (TPSA) is 58.9 Å². The standard InChI is InChI=1S/C12H8N2O2/c15-12-14-10(7-16-12)11-9-4-2-1-3-8(9)5-6-13-11/h1-7H,(H,14,15). The molecule has 0 unspecified atom stereocenters. The van der Waals surface area contributed by atoms with Gasteiger partial charge in [0.05, 0.1) is 5.69 Å². The summed E-state index contributed by atoms with van der Waals surface area (Å²) in [4.78, 5) is 17.8. The third-order valence-corrected chi connectivity index (χ3v) is 2.45. The molecule has 4 heteroatoms. The van der Waals surface area contributed by atoms with Gasteiger partial charge in [0.25, 0.3) is 0 Å². The molecule has 3 aromatic rings. The number of nitrogens with zero attached hydrogens (tertiary/aromatic N) is 1. The van der Waals surface area contributed by atoms with Crippen LogP contribution in [0.3, 0.4) is 0 Å². The number of aromatic nitrogens is 2. The summed E-state index contributed by atoms with van der Waals surface area (Å²) < 4.78 is 4.72. The zero-order valence-electron chi connectivity index (χ0n) is 8.31. The third-order valence-electron chi connectivity index (χ3n) is 2.45. The Hall–Kier alpha value is -2.36. The molecule has 2 heterocycles. The number of aromatic amines is 1. The average Bonchev–Trinajstić information content (AvgIpc) is 2.75. The monoisotopic (exact) mass is 212 g/mol. The molecule has 1 N–H and O–H groups in total. The van der Waals surface area contributed by atoms with Crippen LogP contribution in [0, 0.1) is 0 Å². The summed E-state index contributed by atoms with van der Waals surface area (Å²) >= 11 is 0. The number of oxazole rings is 1. The van der Waals surface area contributed by atoms with Gasteiger partial charge in [-0.3, -0.25) is 9.97 Å². The molecule has 0 aliphatic heterocycles. The van der Waals surface area contributed by atoms with Crippen LogP contribution in [-0.2, 0) is 0 Å². The van der Waals surface area contributed by atoms with Crippen molar-refractivity contribution in [2.75, 3.05) is 0 Å². The van der Waals surface area contributed by atoms with Crippen LogP contribution in [0.2, 0.25) is 0 Å². The first-order chi connectivity index (χ1) is 7.84. The minimum absolute atomic E-state index is 0.468. The highest BCUT2D eigenvalue weighted by atomic mass is 16.4. The molecular weight excluding hydrogens is 204 g/mol. The van der Waals surface area contributed by atoms with E-state index < -0.39 is 5.76 Å². The van der Waals surface area contributed by atoms with Gasteiger partial charge in [-0.15, -0.1) is 0 Å². The summed E-state index contributed by atoms with van der Waals surface area (Å²) in [5, 5.41) is 2.07. The van der Waals surface area contributed by atoms with Crippen molar-refractivity contribution in [3.05, 3.63) is 53.3 Å². The number of hydrogen-bond donors (Lipinski definition) is 1. The number of hydrogen-bond acceptors (Lipinski definition) is 3. The van der Waals surface area contributed by atoms with Crippen molar-refractivity contribution < 1.29 is 4.42 Å². The van der Waals surface area contributed by atoms with Gasteiger partial charge < -0.3 is 4.42 Å². The van der Waals surface area contributed by atoms with Crippen molar-refractivity contribution in [3.63, 3.8) is 0 Å². The third kappa shape index (κ3) is 1.32. The van der Waals surface area contributed by atoms with Gasteiger partial charge in [-0.2, -0.15) is 0 Å². The summed E-state index contributed by atoms with van der Waals surface area (Å²) in [5.74, 6) is -0.468. The van der Waals surface area contributed by atoms with Gasteiger partial charge in [-0.05, 0) is 11.5 Å². The van der Waals surface area contributed by atoms with Crippen molar-refractivity contribution in [1.29, 1.82) is 0 Å². The second-order valence-corrected chi connectivity index (χ2v) is 3.44. The molecule has 3 rings (SSSR count). The van der Waals surface area contributed by atoms with E-state index in [2.05, 4.69) is 9.97 Å². The summed E-state index contributed by atoms with van der Waals surface area (Å²) in [5.41, 5.74) is 1.32. The van der Waals surface area contributed by atoms with Crippen LogP contribution >= 0.6 is 0 Å². The van der Waals surface area contributed by atoms with Crippen molar-refractivity contribution in [2.45, 2.75) is 0 Å². The summed E-state index contributed by atoms with van der Waals surface area (Å²) in [7, 11) is 0. The van der Waals surface area contributed by atoms with Gasteiger partial charge in [-0.1, -0.05) is 24.3 Å². The molecule has 0 saturated heterocycles. The number of nitrogens with one attached hydrogen (secondary N) is 1. The fourth-order valence-corrected chi connectivity index (χ4v) is 1.73. The van der Waals surface area contributed by atoms with Crippen LogP contribution in [0.5, 0.6) is 0 Å². The van der Waals surface area contributed by atoms with Crippen LogP contribution in [0.4, 0.5) is 0 Å². The van der Waals surface area contributed by atoms with Crippen molar-refractivity contribution >= 4 is 10.8 Å². The van der Waals surface area contributed by atoms with E-state index in [1.54, 1.807) is 6.20 Å². The Balaban J connectivity index is 2.35. The molecule has 1 aromatic carbocycles. The predicted octanol–water partition coefficient (Wildman–Crippen LogP) is 2.18. The van der Waals surface area contributed by atoms with Crippen LogP contribution in [0.1, 0.15) is 0 Å². The van der Waals surface area contributed by atoms with Crippen LogP contribution < -0.4 is 5.76 Å². The van der Waals surface area contributed by atoms with Crippen LogP contribution in [0.15, 0.2) is 52.0 Å². The predicted molar refractivity (Wildman–Crippen MR) is 60.1 cm³/mol. The summed E-state index contributed by atoms with van der Waals surface area (Å²) in [6, 6.07) is 9.79. The van der Waals surface area contributed by atoms with Crippen molar-refractivity contribution in [3.8, 4) is 11.4 Å². The number of pyridine rings is 1. The maximum absolute atomic E-state index is 10.9. The molecule has 0 bridgehead atoms. The lowest BCUT2D eigenvalue weighted by molar-refractivity contribution is 0.515. The number of rotatable bonds is 1. The lowest BCUT2D eigenvalue weighted by atomic mass is 10.1. The van der Waals surface area contributed by atoms with Gasteiger partial charge in [0, 0.05) is 11.6 Å². The van der Waals surface area contributed by atoms with E-state index >= 15 is 0 Å². The highest BCUT2D eigenvalue weighted by Crippen LogP contribution is 2.23. The molecule has 0 atom stereocenters. The second kappa shape index (κ2) is 3.34. The van der Waals surface area contributed by atoms with Gasteiger partial charge in [0.1, 0.15) is 12.0 Å². The van der Waals surface area contributed by atoms with E-state index in [4.69, 9.17) is 4.42 Å². The molecule has 4 nitrogen and oxygen atoms in total. The van der Waals surface area contributed by atoms with E-state index in [1.807, 2.05) is 30.3 Å². The van der Waals surface area contributed by atoms with Gasteiger partial charge >= 0.3 is 5.76 Å².